The molecule has 1 aromatic heterocycles. The average molecular weight is 301 g/mol. The highest BCUT2D eigenvalue weighted by Gasteiger charge is 2.11. The molecule has 0 bridgehead atoms. The Kier molecular flexibility index (Phi) is 3.73. The van der Waals surface area contributed by atoms with Crippen LogP contribution >= 0.6 is 11.6 Å². The second-order valence-corrected chi connectivity index (χ2v) is 5.22. The van der Waals surface area contributed by atoms with E-state index in [9.17, 15) is 9.90 Å². The Hall–Kier alpha value is -2.17. The first-order chi connectivity index (χ1) is 10.1. The molecule has 0 amide bonds. The van der Waals surface area contributed by atoms with Gasteiger partial charge in [-0.1, -0.05) is 41.9 Å². The normalized spacial score (nSPS) is 12.5. The van der Waals surface area contributed by atoms with E-state index in [0.29, 0.717) is 16.0 Å². The average Bonchev–Trinajstić information content (AvgIpc) is 2.51. The van der Waals surface area contributed by atoms with Crippen LogP contribution in [-0.2, 0) is 6.54 Å². The first-order valence-electron chi connectivity index (χ1n) is 6.53. The summed E-state index contributed by atoms with van der Waals surface area (Å²) in [7, 11) is 0. The smallest absolute Gasteiger partial charge is 0.274 e. The topological polar surface area (TPSA) is 55.1 Å². The Balaban J connectivity index is 1.93. The van der Waals surface area contributed by atoms with Crippen LogP contribution in [0, 0.1) is 0 Å². The summed E-state index contributed by atoms with van der Waals surface area (Å²) in [5, 5.41) is 16.3. The summed E-state index contributed by atoms with van der Waals surface area (Å²) in [6.07, 6.45) is 0.819. The molecular weight excluding hydrogens is 288 g/mol. The zero-order valence-electron chi connectivity index (χ0n) is 11.1. The number of hydrogen-bond acceptors (Lipinski definition) is 3. The molecule has 21 heavy (non-hydrogen) atoms. The third kappa shape index (κ3) is 2.82. The summed E-state index contributed by atoms with van der Waals surface area (Å²) in [6, 6.07) is 14.1. The molecule has 3 aromatic rings. The van der Waals surface area contributed by atoms with Gasteiger partial charge in [-0.05, 0) is 23.8 Å². The Morgan fingerprint density at radius 2 is 1.86 bits per heavy atom. The number of aliphatic hydroxyl groups is 1. The second-order valence-electron chi connectivity index (χ2n) is 4.79. The molecule has 0 saturated heterocycles. The van der Waals surface area contributed by atoms with E-state index >= 15 is 0 Å². The van der Waals surface area contributed by atoms with Crippen LogP contribution in [-0.4, -0.2) is 14.9 Å². The van der Waals surface area contributed by atoms with Gasteiger partial charge in [0.05, 0.1) is 24.2 Å². The standard InChI is InChI=1S/C16H13ClN2O2/c17-13-7-5-11(6-8-13)15(20)10-19-16(21)14-4-2-1-3-12(14)9-18-19/h1-9,15,20H,10H2. The van der Waals surface area contributed by atoms with Crippen LogP contribution in [0.3, 0.4) is 0 Å². The maximum Gasteiger partial charge on any atom is 0.274 e. The first-order valence-corrected chi connectivity index (χ1v) is 6.91. The maximum atomic E-state index is 12.3. The van der Waals surface area contributed by atoms with Gasteiger partial charge in [0, 0.05) is 10.4 Å². The van der Waals surface area contributed by atoms with Gasteiger partial charge in [-0.25, -0.2) is 4.68 Å². The minimum absolute atomic E-state index is 0.102. The van der Waals surface area contributed by atoms with Gasteiger partial charge in [0.1, 0.15) is 0 Å². The lowest BCUT2D eigenvalue weighted by atomic mass is 10.1. The molecule has 106 valence electrons. The molecule has 0 aliphatic carbocycles. The molecule has 4 nitrogen and oxygen atoms in total. The first kappa shape index (κ1) is 13.8. The zero-order valence-corrected chi connectivity index (χ0v) is 11.9. The van der Waals surface area contributed by atoms with Crippen molar-refractivity contribution >= 4 is 22.4 Å². The van der Waals surface area contributed by atoms with Crippen molar-refractivity contribution < 1.29 is 5.11 Å². The summed E-state index contributed by atoms with van der Waals surface area (Å²) in [5.41, 5.74) is 0.488. The van der Waals surface area contributed by atoms with Gasteiger partial charge < -0.3 is 5.11 Å². The Morgan fingerprint density at radius 1 is 1.14 bits per heavy atom. The number of halogens is 1. The van der Waals surface area contributed by atoms with Crippen LogP contribution in [0.5, 0.6) is 0 Å². The van der Waals surface area contributed by atoms with E-state index in [1.165, 1.54) is 4.68 Å². The van der Waals surface area contributed by atoms with Gasteiger partial charge >= 0.3 is 0 Å². The van der Waals surface area contributed by atoms with E-state index in [1.807, 2.05) is 18.2 Å². The van der Waals surface area contributed by atoms with E-state index in [0.717, 1.165) is 5.39 Å². The third-order valence-electron chi connectivity index (χ3n) is 3.36. The fourth-order valence-corrected chi connectivity index (χ4v) is 2.34. The number of aliphatic hydroxyl groups excluding tert-OH is 1. The zero-order chi connectivity index (χ0) is 14.8. The highest BCUT2D eigenvalue weighted by molar-refractivity contribution is 6.30. The van der Waals surface area contributed by atoms with E-state index in [1.54, 1.807) is 36.5 Å². The number of fused-ring (bicyclic) bond motifs is 1. The van der Waals surface area contributed by atoms with Crippen LogP contribution < -0.4 is 5.56 Å². The van der Waals surface area contributed by atoms with Crippen molar-refractivity contribution in [2.75, 3.05) is 0 Å². The summed E-state index contributed by atoms with van der Waals surface area (Å²) in [6.45, 7) is 0.102. The molecular formula is C16H13ClN2O2. The monoisotopic (exact) mass is 300 g/mol. The van der Waals surface area contributed by atoms with Gasteiger partial charge in [-0.15, -0.1) is 0 Å². The lowest BCUT2D eigenvalue weighted by Crippen LogP contribution is -2.25. The molecule has 1 heterocycles. The number of nitrogens with zero attached hydrogens (tertiary/aromatic N) is 2. The van der Waals surface area contributed by atoms with Gasteiger partial charge in [0.2, 0.25) is 0 Å². The minimum Gasteiger partial charge on any atom is -0.386 e. The molecule has 0 spiro atoms. The summed E-state index contributed by atoms with van der Waals surface area (Å²) < 4.78 is 1.28. The molecule has 0 saturated carbocycles. The number of hydrogen-bond donors (Lipinski definition) is 1. The van der Waals surface area contributed by atoms with Crippen molar-refractivity contribution in [3.05, 3.63) is 75.7 Å². The molecule has 3 rings (SSSR count). The number of benzene rings is 2. The largest absolute Gasteiger partial charge is 0.386 e. The van der Waals surface area contributed by atoms with Gasteiger partial charge in [0.15, 0.2) is 0 Å². The van der Waals surface area contributed by atoms with Crippen LogP contribution in [0.1, 0.15) is 11.7 Å². The van der Waals surface area contributed by atoms with Crippen LogP contribution in [0.25, 0.3) is 10.8 Å². The maximum absolute atomic E-state index is 12.3. The van der Waals surface area contributed by atoms with Crippen LogP contribution in [0.2, 0.25) is 5.02 Å². The van der Waals surface area contributed by atoms with Crippen LogP contribution in [0.15, 0.2) is 59.5 Å². The van der Waals surface area contributed by atoms with E-state index in [2.05, 4.69) is 5.10 Å². The van der Waals surface area contributed by atoms with Crippen LogP contribution in [0.4, 0.5) is 0 Å². The number of aromatic nitrogens is 2. The molecule has 0 radical (unpaired) electrons. The molecule has 0 fully saturated rings. The van der Waals surface area contributed by atoms with Crippen molar-refractivity contribution in [3.8, 4) is 0 Å². The van der Waals surface area contributed by atoms with Crippen molar-refractivity contribution in [1.82, 2.24) is 9.78 Å². The molecule has 1 unspecified atom stereocenters. The minimum atomic E-state index is -0.811. The third-order valence-corrected chi connectivity index (χ3v) is 3.61. The second kappa shape index (κ2) is 5.68. The summed E-state index contributed by atoms with van der Waals surface area (Å²) >= 11 is 5.82. The van der Waals surface area contributed by atoms with E-state index in [-0.39, 0.29) is 12.1 Å². The predicted molar refractivity (Wildman–Crippen MR) is 82.4 cm³/mol. The number of rotatable bonds is 3. The summed E-state index contributed by atoms with van der Waals surface area (Å²) in [4.78, 5) is 12.3. The van der Waals surface area contributed by atoms with Crippen molar-refractivity contribution in [2.24, 2.45) is 0 Å². The molecule has 0 aliphatic rings. The molecule has 5 heteroatoms. The lowest BCUT2D eigenvalue weighted by Gasteiger charge is -2.12. The molecule has 1 atom stereocenters. The summed E-state index contributed by atoms with van der Waals surface area (Å²) in [5.74, 6) is 0. The highest BCUT2D eigenvalue weighted by Crippen LogP contribution is 2.17. The van der Waals surface area contributed by atoms with Crippen molar-refractivity contribution in [2.45, 2.75) is 12.6 Å². The quantitative estimate of drug-likeness (QED) is 0.809. The fourth-order valence-electron chi connectivity index (χ4n) is 2.21. The van der Waals surface area contributed by atoms with Crippen molar-refractivity contribution in [3.63, 3.8) is 0 Å². The molecule has 2 aromatic carbocycles. The van der Waals surface area contributed by atoms with Gasteiger partial charge in [-0.3, -0.25) is 4.79 Å². The Labute approximate surface area is 126 Å². The SMILES string of the molecule is O=c1c2ccccc2cnn1CC(O)c1ccc(Cl)cc1. The van der Waals surface area contributed by atoms with E-state index in [4.69, 9.17) is 11.6 Å². The fraction of sp³-hybridized carbons (Fsp3) is 0.125. The molecule has 0 aliphatic heterocycles. The molecule has 1 N–H and O–H groups in total. The van der Waals surface area contributed by atoms with Gasteiger partial charge in [0.25, 0.3) is 5.56 Å². The Bertz CT molecular complexity index is 828. The Morgan fingerprint density at radius 3 is 2.62 bits per heavy atom. The van der Waals surface area contributed by atoms with Gasteiger partial charge in [-0.2, -0.15) is 5.10 Å². The van der Waals surface area contributed by atoms with E-state index < -0.39 is 6.10 Å². The lowest BCUT2D eigenvalue weighted by molar-refractivity contribution is 0.149. The predicted octanol–water partition coefficient (Wildman–Crippen LogP) is 2.78. The highest BCUT2D eigenvalue weighted by atomic mass is 35.5. The van der Waals surface area contributed by atoms with Crippen molar-refractivity contribution in [1.29, 1.82) is 0 Å².